The van der Waals surface area contributed by atoms with E-state index in [2.05, 4.69) is 4.98 Å². The second kappa shape index (κ2) is 16.0. The van der Waals surface area contributed by atoms with E-state index in [0.717, 1.165) is 33.8 Å². The van der Waals surface area contributed by atoms with Crippen molar-refractivity contribution in [3.63, 3.8) is 0 Å². The first-order valence-electron chi connectivity index (χ1n) is 15.2. The highest BCUT2D eigenvalue weighted by molar-refractivity contribution is 7.98. The molecule has 9 nitrogen and oxygen atoms in total. The molecule has 0 atom stereocenters. The van der Waals surface area contributed by atoms with Crippen LogP contribution in [0.25, 0.3) is 5.69 Å². The molecule has 0 aliphatic heterocycles. The van der Waals surface area contributed by atoms with E-state index < -0.39 is 50.2 Å². The molecule has 264 valence electrons. The standard InChI is InChI=1S/C34H38ClF3N4O5S2/c1-34(2,22-7-12-27(35)30(17-22)47-5)31-20-39-33(42(31)24-10-8-23(36)9-11-24)48-21-26-28(37)18-25(19-29(26)38)49(45,46)41(16-13-32(43)44)15-6-14-40(3)4/h7-12,17-20H,6,13-16,21H2,1-5H3,(H,43,44). The smallest absolute Gasteiger partial charge is 0.304 e. The first-order chi connectivity index (χ1) is 23.1. The summed E-state index contributed by atoms with van der Waals surface area (Å²) in [5, 5.41) is 9.93. The number of benzene rings is 3. The van der Waals surface area contributed by atoms with E-state index in [1.807, 2.05) is 45.0 Å². The number of methoxy groups -OCH3 is 1. The number of rotatable bonds is 16. The van der Waals surface area contributed by atoms with Crippen LogP contribution in [0.3, 0.4) is 0 Å². The van der Waals surface area contributed by atoms with Crippen LogP contribution in [0.1, 0.15) is 43.5 Å². The molecular weight excluding hydrogens is 701 g/mol. The van der Waals surface area contributed by atoms with Crippen molar-refractivity contribution in [3.05, 3.63) is 100 Å². The Hall–Kier alpha value is -3.56. The summed E-state index contributed by atoms with van der Waals surface area (Å²) < 4.78 is 80.0. The Morgan fingerprint density at radius 2 is 1.67 bits per heavy atom. The summed E-state index contributed by atoms with van der Waals surface area (Å²) in [6.45, 7) is 4.07. The minimum Gasteiger partial charge on any atom is -0.495 e. The first-order valence-corrected chi connectivity index (χ1v) is 18.0. The predicted octanol–water partition coefficient (Wildman–Crippen LogP) is 6.99. The third-order valence-electron chi connectivity index (χ3n) is 8.01. The number of imidazole rings is 1. The summed E-state index contributed by atoms with van der Waals surface area (Å²) in [5.74, 6) is -3.57. The molecule has 4 aromatic rings. The Morgan fingerprint density at radius 1 is 1.02 bits per heavy atom. The Labute approximate surface area is 293 Å². The Balaban J connectivity index is 1.68. The molecule has 0 aliphatic carbocycles. The summed E-state index contributed by atoms with van der Waals surface area (Å²) in [6, 6.07) is 12.6. The monoisotopic (exact) mass is 738 g/mol. The Morgan fingerprint density at radius 3 is 2.27 bits per heavy atom. The van der Waals surface area contributed by atoms with Gasteiger partial charge in [-0.05, 0) is 81.2 Å². The number of hydrogen-bond acceptors (Lipinski definition) is 7. The SMILES string of the molecule is COc1cc(C(C)(C)c2cnc(SCc3c(F)cc(S(=O)(=O)N(CCCN(C)C)CCC(=O)O)cc3F)n2-c2ccc(F)cc2)ccc1Cl. The molecular formula is C34H38ClF3N4O5S2. The van der Waals surface area contributed by atoms with Crippen molar-refractivity contribution in [2.75, 3.05) is 40.8 Å². The van der Waals surface area contributed by atoms with Crippen molar-refractivity contribution in [3.8, 4) is 11.4 Å². The molecule has 0 amide bonds. The number of aromatic nitrogens is 2. The molecule has 1 aromatic heterocycles. The number of thioether (sulfide) groups is 1. The minimum atomic E-state index is -4.42. The molecule has 49 heavy (non-hydrogen) atoms. The lowest BCUT2D eigenvalue weighted by molar-refractivity contribution is -0.137. The van der Waals surface area contributed by atoms with E-state index in [4.69, 9.17) is 21.4 Å². The molecule has 0 bridgehead atoms. The number of carboxylic acids is 1. The number of hydrogen-bond donors (Lipinski definition) is 1. The van der Waals surface area contributed by atoms with Crippen molar-refractivity contribution in [2.45, 2.75) is 47.9 Å². The lowest BCUT2D eigenvalue weighted by Crippen LogP contribution is -2.35. The molecule has 1 heterocycles. The number of sulfonamides is 1. The van der Waals surface area contributed by atoms with Gasteiger partial charge in [-0.3, -0.25) is 9.36 Å². The van der Waals surface area contributed by atoms with E-state index in [-0.39, 0.29) is 24.4 Å². The molecule has 0 unspecified atom stereocenters. The van der Waals surface area contributed by atoms with Gasteiger partial charge in [-0.1, -0.05) is 43.3 Å². The quantitative estimate of drug-likeness (QED) is 0.123. The maximum atomic E-state index is 15.5. The summed E-state index contributed by atoms with van der Waals surface area (Å²) in [7, 11) is 0.711. The van der Waals surface area contributed by atoms with Gasteiger partial charge >= 0.3 is 5.97 Å². The second-order valence-corrected chi connectivity index (χ2v) is 15.4. The van der Waals surface area contributed by atoms with E-state index in [1.54, 1.807) is 29.0 Å². The van der Waals surface area contributed by atoms with Crippen molar-refractivity contribution in [1.82, 2.24) is 18.8 Å². The van der Waals surface area contributed by atoms with Crippen LogP contribution in [-0.2, 0) is 26.0 Å². The van der Waals surface area contributed by atoms with Gasteiger partial charge < -0.3 is 14.7 Å². The highest BCUT2D eigenvalue weighted by atomic mass is 35.5. The molecule has 1 N–H and O–H groups in total. The average molecular weight is 739 g/mol. The molecule has 4 rings (SSSR count). The molecule has 15 heteroatoms. The van der Waals surface area contributed by atoms with E-state index >= 15 is 8.78 Å². The normalized spacial score (nSPS) is 12.2. The lowest BCUT2D eigenvalue weighted by atomic mass is 9.81. The number of aliphatic carboxylic acids is 1. The van der Waals surface area contributed by atoms with Crippen LogP contribution in [0.5, 0.6) is 5.75 Å². The Kier molecular flexibility index (Phi) is 12.5. The minimum absolute atomic E-state index is 0.0256. The van der Waals surface area contributed by atoms with Gasteiger partial charge in [-0.15, -0.1) is 0 Å². The van der Waals surface area contributed by atoms with Crippen molar-refractivity contribution in [2.24, 2.45) is 0 Å². The molecule has 0 saturated heterocycles. The topological polar surface area (TPSA) is 105 Å². The third-order valence-corrected chi connectivity index (χ3v) is 11.2. The summed E-state index contributed by atoms with van der Waals surface area (Å²) in [5.41, 5.74) is 1.00. The second-order valence-electron chi connectivity index (χ2n) is 12.1. The van der Waals surface area contributed by atoms with Crippen LogP contribution < -0.4 is 4.74 Å². The van der Waals surface area contributed by atoms with Gasteiger partial charge in [0.25, 0.3) is 0 Å². The fourth-order valence-corrected chi connectivity index (χ4v) is 7.91. The number of carboxylic acid groups (broad SMARTS) is 1. The third kappa shape index (κ3) is 8.97. The molecule has 3 aromatic carbocycles. The molecule has 0 spiro atoms. The molecule has 0 radical (unpaired) electrons. The van der Waals surface area contributed by atoms with Gasteiger partial charge in [-0.25, -0.2) is 26.6 Å². The van der Waals surface area contributed by atoms with Gasteiger partial charge in [-0.2, -0.15) is 4.31 Å². The average Bonchev–Trinajstić information content (AvgIpc) is 3.47. The highest BCUT2D eigenvalue weighted by Crippen LogP contribution is 2.39. The van der Waals surface area contributed by atoms with E-state index in [9.17, 15) is 17.6 Å². The molecule has 0 fully saturated rings. The maximum Gasteiger partial charge on any atom is 0.304 e. The van der Waals surface area contributed by atoms with Gasteiger partial charge in [0.05, 0.1) is 35.3 Å². The van der Waals surface area contributed by atoms with Gasteiger partial charge in [0, 0.05) is 35.5 Å². The predicted molar refractivity (Wildman–Crippen MR) is 184 cm³/mol. The number of carbonyl (C=O) groups is 1. The largest absolute Gasteiger partial charge is 0.495 e. The van der Waals surface area contributed by atoms with Crippen LogP contribution >= 0.6 is 23.4 Å². The number of ether oxygens (including phenoxy) is 1. The summed E-state index contributed by atoms with van der Waals surface area (Å²) in [4.78, 5) is 17.0. The highest BCUT2D eigenvalue weighted by Gasteiger charge is 2.31. The van der Waals surface area contributed by atoms with Crippen molar-refractivity contribution >= 4 is 39.4 Å². The number of nitrogens with zero attached hydrogens (tertiary/aromatic N) is 4. The maximum absolute atomic E-state index is 15.5. The fourth-order valence-electron chi connectivity index (χ4n) is 5.20. The number of halogens is 4. The van der Waals surface area contributed by atoms with Crippen LogP contribution in [0.4, 0.5) is 13.2 Å². The zero-order valence-electron chi connectivity index (χ0n) is 27.7. The Bertz CT molecular complexity index is 1880. The zero-order chi connectivity index (χ0) is 36.1. The van der Waals surface area contributed by atoms with Crippen molar-refractivity contribution in [1.29, 1.82) is 0 Å². The zero-order valence-corrected chi connectivity index (χ0v) is 30.1. The first kappa shape index (κ1) is 38.2. The lowest BCUT2D eigenvalue weighted by Gasteiger charge is -2.28. The summed E-state index contributed by atoms with van der Waals surface area (Å²) >= 11 is 7.29. The molecule has 0 saturated carbocycles. The van der Waals surface area contributed by atoms with E-state index in [0.29, 0.717) is 40.3 Å². The van der Waals surface area contributed by atoms with Gasteiger partial charge in [0.2, 0.25) is 10.0 Å². The van der Waals surface area contributed by atoms with Crippen LogP contribution in [-0.4, -0.2) is 79.1 Å². The van der Waals surface area contributed by atoms with Crippen LogP contribution in [0.15, 0.2) is 70.8 Å². The van der Waals surface area contributed by atoms with Crippen LogP contribution in [0.2, 0.25) is 5.02 Å². The van der Waals surface area contributed by atoms with Gasteiger partial charge in [0.1, 0.15) is 23.2 Å². The van der Waals surface area contributed by atoms with E-state index in [1.165, 1.54) is 19.2 Å². The fraction of sp³-hybridized carbons (Fsp3) is 0.353. The van der Waals surface area contributed by atoms with Crippen LogP contribution in [0, 0.1) is 17.5 Å². The van der Waals surface area contributed by atoms with Crippen molar-refractivity contribution < 1.29 is 36.2 Å². The molecule has 0 aliphatic rings. The summed E-state index contributed by atoms with van der Waals surface area (Å²) in [6.07, 6.45) is 1.56. The van der Waals surface area contributed by atoms with Gasteiger partial charge in [0.15, 0.2) is 5.16 Å².